The predicted octanol–water partition coefficient (Wildman–Crippen LogP) is 2.95. The molecule has 0 spiro atoms. The fourth-order valence-corrected chi connectivity index (χ4v) is 2.34. The summed E-state index contributed by atoms with van der Waals surface area (Å²) < 4.78 is 12.3. The maximum Gasteiger partial charge on any atom is 0.272 e. The summed E-state index contributed by atoms with van der Waals surface area (Å²) in [5.74, 6) is 1.01. The van der Waals surface area contributed by atoms with Gasteiger partial charge in [0.15, 0.2) is 5.69 Å². The fraction of sp³-hybridized carbons (Fsp3) is 0.176. The lowest BCUT2D eigenvalue weighted by Crippen LogP contribution is -2.23. The smallest absolute Gasteiger partial charge is 0.272 e. The first kappa shape index (κ1) is 17.2. The fourth-order valence-electron chi connectivity index (χ4n) is 2.34. The number of nitrogens with zero attached hydrogens (tertiary/aromatic N) is 3. The number of rotatable bonds is 6. The Bertz CT molecular complexity index is 946. The van der Waals surface area contributed by atoms with Crippen molar-refractivity contribution in [1.29, 1.82) is 0 Å². The van der Waals surface area contributed by atoms with Crippen molar-refractivity contribution >= 4 is 11.6 Å². The van der Waals surface area contributed by atoms with Gasteiger partial charge in [-0.3, -0.25) is 14.9 Å². The van der Waals surface area contributed by atoms with Gasteiger partial charge in [0.2, 0.25) is 5.88 Å². The van der Waals surface area contributed by atoms with Crippen LogP contribution in [-0.4, -0.2) is 20.6 Å². The van der Waals surface area contributed by atoms with Crippen LogP contribution >= 0.6 is 0 Å². The third-order valence-electron chi connectivity index (χ3n) is 3.66. The lowest BCUT2D eigenvalue weighted by molar-refractivity contribution is -0.385. The number of furan rings is 1. The Hall–Kier alpha value is -3.62. The number of nitrogens with one attached hydrogen (secondary N) is 1. The molecule has 0 saturated heterocycles. The van der Waals surface area contributed by atoms with Crippen LogP contribution < -0.4 is 10.1 Å². The van der Waals surface area contributed by atoms with E-state index in [1.54, 1.807) is 32.2 Å². The summed E-state index contributed by atoms with van der Waals surface area (Å²) in [6.07, 6.45) is 1.53. The molecule has 9 nitrogen and oxygen atoms in total. The summed E-state index contributed by atoms with van der Waals surface area (Å²) in [5.41, 5.74) is 0.680. The zero-order valence-corrected chi connectivity index (χ0v) is 14.1. The standard InChI is InChI=1S/C17H16N4O5/c1-11-8-12(5-6-15(11)21(23)24)26-16-9-14(19-20(16)2)17(22)18-10-13-4-3-7-25-13/h3-9H,10H2,1-2H3,(H,18,22). The van der Waals surface area contributed by atoms with E-state index >= 15 is 0 Å². The number of aryl methyl sites for hydroxylation is 2. The van der Waals surface area contributed by atoms with Gasteiger partial charge in [-0.1, -0.05) is 0 Å². The molecular formula is C17H16N4O5. The summed E-state index contributed by atoms with van der Waals surface area (Å²) in [6, 6.07) is 9.41. The monoisotopic (exact) mass is 356 g/mol. The van der Waals surface area contributed by atoms with Crippen LogP contribution in [0.15, 0.2) is 47.1 Å². The van der Waals surface area contributed by atoms with E-state index < -0.39 is 4.92 Å². The van der Waals surface area contributed by atoms with Gasteiger partial charge in [0.05, 0.1) is 17.7 Å². The molecule has 0 fully saturated rings. The molecule has 134 valence electrons. The predicted molar refractivity (Wildman–Crippen MR) is 91.0 cm³/mol. The van der Waals surface area contributed by atoms with Gasteiger partial charge in [0, 0.05) is 24.7 Å². The van der Waals surface area contributed by atoms with Crippen molar-refractivity contribution in [3.63, 3.8) is 0 Å². The highest BCUT2D eigenvalue weighted by atomic mass is 16.6. The van der Waals surface area contributed by atoms with Gasteiger partial charge in [-0.2, -0.15) is 5.10 Å². The second-order valence-electron chi connectivity index (χ2n) is 5.56. The molecule has 0 radical (unpaired) electrons. The van der Waals surface area contributed by atoms with Crippen LogP contribution in [0.5, 0.6) is 11.6 Å². The third-order valence-corrected chi connectivity index (χ3v) is 3.66. The van der Waals surface area contributed by atoms with Crippen LogP contribution in [0.25, 0.3) is 0 Å². The zero-order chi connectivity index (χ0) is 18.7. The second-order valence-corrected chi connectivity index (χ2v) is 5.56. The summed E-state index contributed by atoms with van der Waals surface area (Å²) >= 11 is 0. The molecule has 2 heterocycles. The molecule has 0 aliphatic rings. The van der Waals surface area contributed by atoms with Crippen LogP contribution in [-0.2, 0) is 13.6 Å². The minimum absolute atomic E-state index is 0.0142. The zero-order valence-electron chi connectivity index (χ0n) is 14.1. The molecule has 26 heavy (non-hydrogen) atoms. The van der Waals surface area contributed by atoms with Gasteiger partial charge in [0.25, 0.3) is 11.6 Å². The van der Waals surface area contributed by atoms with E-state index in [9.17, 15) is 14.9 Å². The van der Waals surface area contributed by atoms with Crippen molar-refractivity contribution in [2.45, 2.75) is 13.5 Å². The molecule has 2 aromatic heterocycles. The van der Waals surface area contributed by atoms with Gasteiger partial charge in [-0.15, -0.1) is 0 Å². The maximum absolute atomic E-state index is 12.2. The first-order chi connectivity index (χ1) is 12.4. The van der Waals surface area contributed by atoms with E-state index in [1.165, 1.54) is 29.1 Å². The molecule has 0 unspecified atom stereocenters. The largest absolute Gasteiger partial charge is 0.467 e. The Labute approximate surface area is 148 Å². The number of hydrogen-bond donors (Lipinski definition) is 1. The van der Waals surface area contributed by atoms with Gasteiger partial charge in [0.1, 0.15) is 11.5 Å². The van der Waals surface area contributed by atoms with Crippen LogP contribution in [0.3, 0.4) is 0 Å². The Morgan fingerprint density at radius 3 is 2.85 bits per heavy atom. The molecule has 0 atom stereocenters. The summed E-state index contributed by atoms with van der Waals surface area (Å²) in [7, 11) is 1.64. The maximum atomic E-state index is 12.2. The highest BCUT2D eigenvalue weighted by molar-refractivity contribution is 5.92. The molecule has 0 bridgehead atoms. The molecular weight excluding hydrogens is 340 g/mol. The minimum atomic E-state index is -0.454. The minimum Gasteiger partial charge on any atom is -0.467 e. The van der Waals surface area contributed by atoms with Crippen LogP contribution in [0.2, 0.25) is 0 Å². The molecule has 3 aromatic rings. The van der Waals surface area contributed by atoms with Gasteiger partial charge >= 0.3 is 0 Å². The first-order valence-corrected chi connectivity index (χ1v) is 7.71. The normalized spacial score (nSPS) is 10.5. The molecule has 9 heteroatoms. The third kappa shape index (κ3) is 3.72. The van der Waals surface area contributed by atoms with E-state index in [1.807, 2.05) is 0 Å². The van der Waals surface area contributed by atoms with Crippen molar-refractivity contribution in [3.8, 4) is 11.6 Å². The number of carbonyl (C=O) groups excluding carboxylic acids is 1. The van der Waals surface area contributed by atoms with Crippen LogP contribution in [0.1, 0.15) is 21.8 Å². The number of aromatic nitrogens is 2. The number of ether oxygens (including phenoxy) is 1. The molecule has 1 N–H and O–H groups in total. The van der Waals surface area contributed by atoms with Crippen molar-refractivity contribution in [1.82, 2.24) is 15.1 Å². The highest BCUT2D eigenvalue weighted by Crippen LogP contribution is 2.27. The first-order valence-electron chi connectivity index (χ1n) is 7.71. The van der Waals surface area contributed by atoms with Crippen molar-refractivity contribution < 1.29 is 18.9 Å². The molecule has 1 amide bonds. The number of nitro groups is 1. The van der Waals surface area contributed by atoms with E-state index in [0.29, 0.717) is 23.0 Å². The summed E-state index contributed by atoms with van der Waals surface area (Å²) in [5, 5.41) is 17.7. The number of benzene rings is 1. The molecule has 1 aromatic carbocycles. The number of nitro benzene ring substituents is 1. The molecule has 3 rings (SSSR count). The SMILES string of the molecule is Cc1cc(Oc2cc(C(=O)NCc3ccco3)nn2C)ccc1[N+](=O)[O-]. The second kappa shape index (κ2) is 7.09. The molecule has 0 aliphatic carbocycles. The number of carbonyl (C=O) groups is 1. The average Bonchev–Trinajstić information content (AvgIpc) is 3.23. The average molecular weight is 356 g/mol. The summed E-state index contributed by atoms with van der Waals surface area (Å²) in [4.78, 5) is 22.6. The van der Waals surface area contributed by atoms with Gasteiger partial charge < -0.3 is 14.5 Å². The van der Waals surface area contributed by atoms with Crippen molar-refractivity contribution in [3.05, 3.63) is 69.8 Å². The topological polar surface area (TPSA) is 112 Å². The molecule has 0 aliphatic heterocycles. The number of hydrogen-bond acceptors (Lipinski definition) is 6. The van der Waals surface area contributed by atoms with Gasteiger partial charge in [-0.05, 0) is 31.2 Å². The Morgan fingerprint density at radius 2 is 2.19 bits per heavy atom. The Balaban J connectivity index is 1.70. The quantitative estimate of drug-likeness (QED) is 0.537. The summed E-state index contributed by atoms with van der Waals surface area (Å²) in [6.45, 7) is 1.88. The van der Waals surface area contributed by atoms with Gasteiger partial charge in [-0.25, -0.2) is 4.68 Å². The lowest BCUT2D eigenvalue weighted by atomic mass is 10.2. The molecule has 0 saturated carbocycles. The van der Waals surface area contributed by atoms with E-state index in [4.69, 9.17) is 9.15 Å². The highest BCUT2D eigenvalue weighted by Gasteiger charge is 2.16. The van der Waals surface area contributed by atoms with E-state index in [0.717, 1.165) is 0 Å². The number of amides is 1. The van der Waals surface area contributed by atoms with Crippen LogP contribution in [0, 0.1) is 17.0 Å². The van der Waals surface area contributed by atoms with Crippen molar-refractivity contribution in [2.24, 2.45) is 7.05 Å². The Kier molecular flexibility index (Phi) is 4.70. The van der Waals surface area contributed by atoms with E-state index in [-0.39, 0.29) is 23.8 Å². The van der Waals surface area contributed by atoms with E-state index in [2.05, 4.69) is 10.4 Å². The lowest BCUT2D eigenvalue weighted by Gasteiger charge is -2.06. The van der Waals surface area contributed by atoms with Crippen LogP contribution in [0.4, 0.5) is 5.69 Å². The van der Waals surface area contributed by atoms with Crippen molar-refractivity contribution in [2.75, 3.05) is 0 Å². The Morgan fingerprint density at radius 1 is 1.38 bits per heavy atom.